The van der Waals surface area contributed by atoms with Gasteiger partial charge in [-0.3, -0.25) is 19.3 Å². The number of nitrogens with zero attached hydrogens (tertiary/aromatic N) is 2. The van der Waals surface area contributed by atoms with Crippen molar-refractivity contribution in [2.75, 3.05) is 6.61 Å². The Kier molecular flexibility index (Phi) is 6.52. The van der Waals surface area contributed by atoms with Gasteiger partial charge in [0.1, 0.15) is 18.9 Å². The first-order chi connectivity index (χ1) is 15.5. The summed E-state index contributed by atoms with van der Waals surface area (Å²) in [6, 6.07) is 12.6. The Morgan fingerprint density at radius 3 is 2.78 bits per heavy atom. The molecule has 166 valence electrons. The molecule has 1 N–H and O–H groups in total. The first kappa shape index (κ1) is 21.6. The van der Waals surface area contributed by atoms with Gasteiger partial charge in [0.15, 0.2) is 0 Å². The molecule has 1 saturated heterocycles. The maximum atomic E-state index is 13.8. The number of H-pyrrole nitrogens is 1. The Morgan fingerprint density at radius 2 is 2.03 bits per heavy atom. The van der Waals surface area contributed by atoms with Crippen molar-refractivity contribution in [2.45, 2.75) is 31.5 Å². The Bertz CT molecular complexity index is 1180. The maximum Gasteiger partial charge on any atom is 0.339 e. The first-order valence-electron chi connectivity index (χ1n) is 9.90. The molecule has 4 rings (SSSR count). The molecule has 2 aromatic heterocycles. The van der Waals surface area contributed by atoms with E-state index in [4.69, 9.17) is 14.2 Å². The summed E-state index contributed by atoms with van der Waals surface area (Å²) < 4.78 is 31.9. The molecule has 0 spiro atoms. The second kappa shape index (κ2) is 9.67. The Hall–Kier alpha value is -3.63. The number of hydrogen-bond donors (Lipinski definition) is 1. The van der Waals surface area contributed by atoms with Crippen molar-refractivity contribution in [2.24, 2.45) is 0 Å². The molecule has 10 heteroatoms. The van der Waals surface area contributed by atoms with Crippen LogP contribution in [-0.4, -0.2) is 39.3 Å². The average Bonchev–Trinajstić information content (AvgIpc) is 3.22. The molecular formula is C22H20FN3O6. The molecule has 9 nitrogen and oxygen atoms in total. The molecule has 1 fully saturated rings. The van der Waals surface area contributed by atoms with E-state index in [2.05, 4.69) is 4.98 Å². The van der Waals surface area contributed by atoms with Crippen LogP contribution in [0.1, 0.15) is 28.6 Å². The lowest BCUT2D eigenvalue weighted by molar-refractivity contribution is -0.0709. The molecule has 0 amide bonds. The normalized spacial score (nSPS) is 20.2. The van der Waals surface area contributed by atoms with Crippen LogP contribution in [0.2, 0.25) is 0 Å². The summed E-state index contributed by atoms with van der Waals surface area (Å²) in [5.41, 5.74) is -0.712. The predicted octanol–water partition coefficient (Wildman–Crippen LogP) is 1.80. The summed E-state index contributed by atoms with van der Waals surface area (Å²) in [5.74, 6) is -1.69. The van der Waals surface area contributed by atoms with Crippen LogP contribution in [0, 0.1) is 5.82 Å². The average molecular weight is 441 g/mol. The van der Waals surface area contributed by atoms with Gasteiger partial charge in [-0.05, 0) is 17.7 Å². The smallest absolute Gasteiger partial charge is 0.339 e. The fraction of sp³-hybridized carbons (Fsp3) is 0.273. The van der Waals surface area contributed by atoms with E-state index in [0.29, 0.717) is 0 Å². The third-order valence-electron chi connectivity index (χ3n) is 5.00. The van der Waals surface area contributed by atoms with Crippen molar-refractivity contribution in [1.82, 2.24) is 14.5 Å². The molecule has 3 atom stereocenters. The van der Waals surface area contributed by atoms with Crippen LogP contribution in [-0.2, 0) is 20.8 Å². The minimum Gasteiger partial charge on any atom is -0.459 e. The number of aromatic amines is 1. The van der Waals surface area contributed by atoms with Crippen molar-refractivity contribution in [3.05, 3.63) is 98.8 Å². The topological polar surface area (TPSA) is 113 Å². The summed E-state index contributed by atoms with van der Waals surface area (Å²) in [6.45, 7) is 0.119. The summed E-state index contributed by atoms with van der Waals surface area (Å²) in [4.78, 5) is 41.5. The number of esters is 1. The van der Waals surface area contributed by atoms with Gasteiger partial charge >= 0.3 is 11.7 Å². The Morgan fingerprint density at radius 1 is 1.22 bits per heavy atom. The van der Waals surface area contributed by atoms with E-state index in [1.807, 2.05) is 35.3 Å². The molecule has 0 aliphatic carbocycles. The van der Waals surface area contributed by atoms with E-state index in [9.17, 15) is 18.8 Å². The van der Waals surface area contributed by atoms with Crippen LogP contribution in [0.15, 0.2) is 70.6 Å². The molecular weight excluding hydrogens is 421 g/mol. The van der Waals surface area contributed by atoms with Crippen molar-refractivity contribution < 1.29 is 23.4 Å². The van der Waals surface area contributed by atoms with E-state index in [1.165, 1.54) is 12.4 Å². The maximum absolute atomic E-state index is 13.8. The summed E-state index contributed by atoms with van der Waals surface area (Å²) in [6.07, 6.45) is 1.73. The Balaban J connectivity index is 1.49. The zero-order chi connectivity index (χ0) is 22.5. The first-order valence-corrected chi connectivity index (χ1v) is 9.90. The Labute approximate surface area is 181 Å². The van der Waals surface area contributed by atoms with E-state index >= 15 is 0 Å². The molecule has 0 radical (unpaired) electrons. The number of ether oxygens (including phenoxy) is 3. The second-order valence-corrected chi connectivity index (χ2v) is 7.18. The number of benzene rings is 1. The number of carbonyl (C=O) groups is 1. The zero-order valence-corrected chi connectivity index (χ0v) is 16.8. The third-order valence-corrected chi connectivity index (χ3v) is 5.00. The minimum atomic E-state index is -1.11. The highest BCUT2D eigenvalue weighted by atomic mass is 19.1. The van der Waals surface area contributed by atoms with E-state index in [-0.39, 0.29) is 25.2 Å². The van der Waals surface area contributed by atoms with E-state index in [1.54, 1.807) is 12.1 Å². The van der Waals surface area contributed by atoms with Crippen LogP contribution in [0.5, 0.6) is 0 Å². The molecule has 1 aromatic carbocycles. The van der Waals surface area contributed by atoms with Crippen LogP contribution in [0.4, 0.5) is 4.39 Å². The molecule has 0 bridgehead atoms. The highest BCUT2D eigenvalue weighted by Crippen LogP contribution is 2.31. The monoisotopic (exact) mass is 441 g/mol. The van der Waals surface area contributed by atoms with Gasteiger partial charge in [-0.25, -0.2) is 9.59 Å². The molecule has 0 unspecified atom stereocenters. The lowest BCUT2D eigenvalue weighted by atomic mass is 10.1. The second-order valence-electron chi connectivity index (χ2n) is 7.18. The minimum absolute atomic E-state index is 0.149. The summed E-state index contributed by atoms with van der Waals surface area (Å²) in [7, 11) is 0. The van der Waals surface area contributed by atoms with Gasteiger partial charge < -0.3 is 14.2 Å². The molecule has 1 aliphatic rings. The van der Waals surface area contributed by atoms with Gasteiger partial charge in [0.05, 0.1) is 24.5 Å². The van der Waals surface area contributed by atoms with Crippen molar-refractivity contribution in [1.29, 1.82) is 0 Å². The standard InChI is InChI=1S/C22H20FN3O6/c23-16-11-26(22(29)25-20(16)27)19-9-17(30-12-14-5-2-1-3-6-14)18(32-19)13-31-21(28)15-7-4-8-24-10-15/h1-8,10-11,17-19H,9,12-13H2,(H,25,27,29)/t17-,18+,19+/m0/s1. The number of halogens is 1. The fourth-order valence-corrected chi connectivity index (χ4v) is 3.37. The number of rotatable bonds is 7. The number of pyridine rings is 1. The largest absolute Gasteiger partial charge is 0.459 e. The highest BCUT2D eigenvalue weighted by molar-refractivity contribution is 5.88. The third kappa shape index (κ3) is 4.98. The molecule has 0 saturated carbocycles. The van der Waals surface area contributed by atoms with Crippen LogP contribution in [0.3, 0.4) is 0 Å². The quantitative estimate of drug-likeness (QED) is 0.557. The lowest BCUT2D eigenvalue weighted by Gasteiger charge is -2.19. The summed E-state index contributed by atoms with van der Waals surface area (Å²) >= 11 is 0. The predicted molar refractivity (Wildman–Crippen MR) is 109 cm³/mol. The lowest BCUT2D eigenvalue weighted by Crippen LogP contribution is -2.34. The van der Waals surface area contributed by atoms with Gasteiger partial charge in [-0.15, -0.1) is 0 Å². The SMILES string of the molecule is O=C(OC[C@H]1O[C@@H](n2cc(F)c(=O)[nH]c2=O)C[C@@H]1OCc1ccccc1)c1cccnc1. The molecule has 3 aromatic rings. The van der Waals surface area contributed by atoms with E-state index in [0.717, 1.165) is 16.3 Å². The number of aromatic nitrogens is 3. The van der Waals surface area contributed by atoms with Crippen molar-refractivity contribution >= 4 is 5.97 Å². The number of nitrogens with one attached hydrogen (secondary N) is 1. The van der Waals surface area contributed by atoms with E-state index < -0.39 is 41.5 Å². The van der Waals surface area contributed by atoms with Crippen molar-refractivity contribution in [3.8, 4) is 0 Å². The zero-order valence-electron chi connectivity index (χ0n) is 16.8. The van der Waals surface area contributed by atoms with Gasteiger partial charge in [0.25, 0.3) is 5.56 Å². The highest BCUT2D eigenvalue weighted by Gasteiger charge is 2.38. The summed E-state index contributed by atoms with van der Waals surface area (Å²) in [5, 5.41) is 0. The molecule has 1 aliphatic heterocycles. The van der Waals surface area contributed by atoms with Crippen molar-refractivity contribution in [3.63, 3.8) is 0 Å². The van der Waals surface area contributed by atoms with Crippen LogP contribution < -0.4 is 11.2 Å². The molecule has 3 heterocycles. The van der Waals surface area contributed by atoms with Crippen LogP contribution >= 0.6 is 0 Å². The van der Waals surface area contributed by atoms with Gasteiger partial charge in [0, 0.05) is 18.8 Å². The van der Waals surface area contributed by atoms with Gasteiger partial charge in [0.2, 0.25) is 5.82 Å². The number of hydrogen-bond acceptors (Lipinski definition) is 7. The number of carbonyl (C=O) groups excluding carboxylic acids is 1. The fourth-order valence-electron chi connectivity index (χ4n) is 3.37. The van der Waals surface area contributed by atoms with Gasteiger partial charge in [-0.1, -0.05) is 30.3 Å². The molecule has 32 heavy (non-hydrogen) atoms. The van der Waals surface area contributed by atoms with Gasteiger partial charge in [-0.2, -0.15) is 4.39 Å². The van der Waals surface area contributed by atoms with Crippen LogP contribution in [0.25, 0.3) is 0 Å².